The van der Waals surface area contributed by atoms with E-state index in [2.05, 4.69) is 11.9 Å². The number of nitrogens with zero attached hydrogens (tertiary/aromatic N) is 1. The molecule has 0 amide bonds. The third kappa shape index (κ3) is 3.28. The van der Waals surface area contributed by atoms with Gasteiger partial charge >= 0.3 is 0 Å². The van der Waals surface area contributed by atoms with E-state index in [1.54, 1.807) is 0 Å². The summed E-state index contributed by atoms with van der Waals surface area (Å²) in [5.41, 5.74) is 0. The van der Waals surface area contributed by atoms with Gasteiger partial charge in [-0.15, -0.1) is 0 Å². The highest BCUT2D eigenvalue weighted by atomic mass is 14.9. The maximum Gasteiger partial charge on any atom is 0.0462 e. The number of nitrogens with one attached hydrogen (secondary N) is 1. The first-order valence-corrected chi connectivity index (χ1v) is 2.47. The summed E-state index contributed by atoms with van der Waals surface area (Å²) in [6, 6.07) is 0. The molecule has 0 unspecified atom stereocenters. The third-order valence-electron chi connectivity index (χ3n) is 0.957. The van der Waals surface area contributed by atoms with Crippen LogP contribution in [0.15, 0.2) is 0 Å². The molecular weight excluding hydrogens is 88.1 g/mol. The predicted molar refractivity (Wildman–Crippen MR) is 28.8 cm³/mol. The Balaban J connectivity index is 0.000000162. The van der Waals surface area contributed by atoms with Crippen molar-refractivity contribution in [2.24, 2.45) is 0 Å². The normalized spacial score (nSPS) is 17.4. The molecule has 1 heterocycles. The molecule has 40 valence electrons. The molecule has 0 radical (unpaired) electrons. The number of hydrogen-bond donors (Lipinski definition) is 1. The van der Waals surface area contributed by atoms with E-state index in [1.165, 1.54) is 25.9 Å². The molecule has 2 nitrogen and oxygen atoms in total. The lowest BCUT2D eigenvalue weighted by Crippen LogP contribution is -2.03. The first-order chi connectivity index (χ1) is 3.50. The Morgan fingerprint density at radius 3 is 1.71 bits per heavy atom. The molecule has 0 aromatic carbocycles. The molecule has 0 aromatic rings. The summed E-state index contributed by atoms with van der Waals surface area (Å²) < 4.78 is 0. The van der Waals surface area contributed by atoms with Crippen molar-refractivity contribution in [3.63, 3.8) is 0 Å². The van der Waals surface area contributed by atoms with Crippen molar-refractivity contribution in [2.45, 2.75) is 12.8 Å². The van der Waals surface area contributed by atoms with Gasteiger partial charge in [-0.3, -0.25) is 0 Å². The first kappa shape index (κ1) is 6.45. The summed E-state index contributed by atoms with van der Waals surface area (Å²) >= 11 is 0. The molecule has 0 aromatic heterocycles. The van der Waals surface area contributed by atoms with E-state index in [9.17, 15) is 0 Å². The van der Waals surface area contributed by atoms with Crippen LogP contribution in [0.2, 0.25) is 0 Å². The van der Waals surface area contributed by atoms with Crippen LogP contribution in [0, 0.1) is 11.8 Å². The van der Waals surface area contributed by atoms with Crippen LogP contribution in [0.4, 0.5) is 0 Å². The summed E-state index contributed by atoms with van der Waals surface area (Å²) in [6.45, 7) is 6.00. The van der Waals surface area contributed by atoms with Crippen LogP contribution in [0.1, 0.15) is 12.8 Å². The van der Waals surface area contributed by atoms with Gasteiger partial charge in [0.05, 0.1) is 0 Å². The number of hydrogen-bond acceptors (Lipinski definition) is 2. The zero-order chi connectivity index (χ0) is 5.54. The summed E-state index contributed by atoms with van der Waals surface area (Å²) in [5.74, 6) is 0. The molecule has 0 aliphatic carbocycles. The van der Waals surface area contributed by atoms with Gasteiger partial charge in [0.15, 0.2) is 0 Å². The van der Waals surface area contributed by atoms with Crippen LogP contribution >= 0.6 is 0 Å². The van der Waals surface area contributed by atoms with Crippen molar-refractivity contribution in [3.05, 3.63) is 0 Å². The molecule has 2 heteroatoms. The molecule has 1 aliphatic rings. The quantitative estimate of drug-likeness (QED) is 0.479. The molecule has 1 N–H and O–H groups in total. The molecule has 1 aliphatic heterocycles. The molecule has 1 saturated heterocycles. The van der Waals surface area contributed by atoms with Crippen molar-refractivity contribution >= 4 is 0 Å². The summed E-state index contributed by atoms with van der Waals surface area (Å²) in [6.07, 6.45) is 2.78. The minimum atomic E-state index is 1.25. The number of nitriles is 1. The SMILES string of the molecule is C#N.C1CCNC1. The average Bonchev–Trinajstić information content (AvgIpc) is 2.23. The van der Waals surface area contributed by atoms with Gasteiger partial charge in [-0.25, -0.2) is 5.26 Å². The van der Waals surface area contributed by atoms with Gasteiger partial charge in [0.25, 0.3) is 0 Å². The van der Waals surface area contributed by atoms with E-state index in [0.717, 1.165) is 0 Å². The summed E-state index contributed by atoms with van der Waals surface area (Å²) in [4.78, 5) is 0. The molecule has 7 heavy (non-hydrogen) atoms. The lowest BCUT2D eigenvalue weighted by molar-refractivity contribution is 0.857. The molecule has 1 rings (SSSR count). The van der Waals surface area contributed by atoms with Gasteiger partial charge in [0.2, 0.25) is 0 Å². The summed E-state index contributed by atoms with van der Waals surface area (Å²) in [7, 11) is 0. The molecule has 0 bridgehead atoms. The Morgan fingerprint density at radius 1 is 1.14 bits per heavy atom. The van der Waals surface area contributed by atoms with E-state index in [-0.39, 0.29) is 0 Å². The second kappa shape index (κ2) is 5.45. The fourth-order valence-electron chi connectivity index (χ4n) is 0.625. The lowest BCUT2D eigenvalue weighted by atomic mass is 10.4. The van der Waals surface area contributed by atoms with Gasteiger partial charge in [-0.1, -0.05) is 0 Å². The van der Waals surface area contributed by atoms with Crippen LogP contribution in [-0.4, -0.2) is 13.1 Å². The smallest absolute Gasteiger partial charge is 0.0462 e. The maximum atomic E-state index is 6.50. The molecule has 0 saturated carbocycles. The minimum Gasteiger partial charge on any atom is -0.317 e. The second-order valence-corrected chi connectivity index (χ2v) is 1.46. The predicted octanol–water partition coefficient (Wildman–Crippen LogP) is 0.510. The molecule has 0 atom stereocenters. The highest BCUT2D eigenvalue weighted by Crippen LogP contribution is 1.90. The van der Waals surface area contributed by atoms with E-state index in [1.807, 2.05) is 0 Å². The zero-order valence-corrected chi connectivity index (χ0v) is 4.35. The lowest BCUT2D eigenvalue weighted by Gasteiger charge is -1.76. The highest BCUT2D eigenvalue weighted by molar-refractivity contribution is 4.55. The van der Waals surface area contributed by atoms with E-state index >= 15 is 0 Å². The average molecular weight is 98.1 g/mol. The summed E-state index contributed by atoms with van der Waals surface area (Å²) in [5, 5.41) is 9.72. The first-order valence-electron chi connectivity index (χ1n) is 2.47. The largest absolute Gasteiger partial charge is 0.317 e. The monoisotopic (exact) mass is 98.1 g/mol. The highest BCUT2D eigenvalue weighted by Gasteiger charge is 1.93. The van der Waals surface area contributed by atoms with Gasteiger partial charge in [0.1, 0.15) is 0 Å². The van der Waals surface area contributed by atoms with Crippen molar-refractivity contribution in [3.8, 4) is 6.57 Å². The standard InChI is InChI=1S/C4H9N.CHN/c1-2-4-5-3-1;1-2/h5H,1-4H2;1H. The molecular formula is C5H10N2. The van der Waals surface area contributed by atoms with E-state index in [0.29, 0.717) is 0 Å². The topological polar surface area (TPSA) is 35.8 Å². The maximum absolute atomic E-state index is 6.50. The van der Waals surface area contributed by atoms with Crippen molar-refractivity contribution in [1.82, 2.24) is 5.32 Å². The fraction of sp³-hybridized carbons (Fsp3) is 0.800. The van der Waals surface area contributed by atoms with Crippen molar-refractivity contribution in [1.29, 1.82) is 5.26 Å². The van der Waals surface area contributed by atoms with Crippen molar-refractivity contribution < 1.29 is 0 Å². The van der Waals surface area contributed by atoms with E-state index < -0.39 is 0 Å². The Morgan fingerprint density at radius 2 is 1.57 bits per heavy atom. The van der Waals surface area contributed by atoms with Crippen molar-refractivity contribution in [2.75, 3.05) is 13.1 Å². The Kier molecular flexibility index (Phi) is 5.02. The van der Waals surface area contributed by atoms with Crippen LogP contribution in [0.25, 0.3) is 0 Å². The molecule has 1 fully saturated rings. The van der Waals surface area contributed by atoms with Gasteiger partial charge < -0.3 is 5.32 Å². The van der Waals surface area contributed by atoms with E-state index in [4.69, 9.17) is 5.26 Å². The van der Waals surface area contributed by atoms with Crippen LogP contribution in [-0.2, 0) is 0 Å². The second-order valence-electron chi connectivity index (χ2n) is 1.46. The number of rotatable bonds is 0. The fourth-order valence-corrected chi connectivity index (χ4v) is 0.625. The Labute approximate surface area is 44.1 Å². The zero-order valence-electron chi connectivity index (χ0n) is 4.35. The third-order valence-corrected chi connectivity index (χ3v) is 0.957. The Hall–Kier alpha value is -0.550. The van der Waals surface area contributed by atoms with Gasteiger partial charge in [0, 0.05) is 6.57 Å². The van der Waals surface area contributed by atoms with Crippen LogP contribution in [0.5, 0.6) is 0 Å². The van der Waals surface area contributed by atoms with Crippen LogP contribution < -0.4 is 5.32 Å². The minimum absolute atomic E-state index is 1.25. The van der Waals surface area contributed by atoms with Gasteiger partial charge in [-0.05, 0) is 25.9 Å². The van der Waals surface area contributed by atoms with Crippen LogP contribution in [0.3, 0.4) is 0 Å². The van der Waals surface area contributed by atoms with Gasteiger partial charge in [-0.2, -0.15) is 0 Å². The molecule has 0 spiro atoms. The Bertz CT molecular complexity index is 37.7.